The van der Waals surface area contributed by atoms with Crippen molar-refractivity contribution < 1.29 is 14.3 Å². The van der Waals surface area contributed by atoms with E-state index in [1.54, 1.807) is 43.3 Å². The van der Waals surface area contributed by atoms with Crippen LogP contribution >= 0.6 is 23.2 Å². The molecule has 7 nitrogen and oxygen atoms in total. The van der Waals surface area contributed by atoms with E-state index in [1.165, 1.54) is 18.3 Å². The lowest BCUT2D eigenvalue weighted by atomic mass is 10.2. The number of aryl methyl sites for hydroxylation is 1. The number of H-pyrrole nitrogens is 1. The molecule has 0 saturated heterocycles. The normalized spacial score (nSPS) is 10.8. The van der Waals surface area contributed by atoms with Crippen LogP contribution in [0.15, 0.2) is 53.6 Å². The van der Waals surface area contributed by atoms with E-state index in [4.69, 9.17) is 27.9 Å². The molecule has 0 fully saturated rings. The van der Waals surface area contributed by atoms with Gasteiger partial charge in [-0.25, -0.2) is 10.2 Å². The zero-order valence-electron chi connectivity index (χ0n) is 14.6. The predicted molar refractivity (Wildman–Crippen MR) is 106 cm³/mol. The summed E-state index contributed by atoms with van der Waals surface area (Å²) >= 11 is 11.8. The van der Waals surface area contributed by atoms with Crippen LogP contribution in [0.5, 0.6) is 5.75 Å². The zero-order valence-corrected chi connectivity index (χ0v) is 16.1. The molecule has 1 heterocycles. The molecule has 0 radical (unpaired) electrons. The van der Waals surface area contributed by atoms with E-state index in [-0.39, 0.29) is 16.3 Å². The molecule has 3 rings (SSSR count). The summed E-state index contributed by atoms with van der Waals surface area (Å²) < 4.78 is 5.29. The highest BCUT2D eigenvalue weighted by Crippen LogP contribution is 2.22. The van der Waals surface area contributed by atoms with E-state index in [0.29, 0.717) is 16.3 Å². The number of nitrogens with zero attached hydrogens (tertiary/aromatic N) is 2. The molecule has 0 saturated carbocycles. The van der Waals surface area contributed by atoms with Crippen molar-refractivity contribution in [2.75, 3.05) is 0 Å². The highest BCUT2D eigenvalue weighted by atomic mass is 35.5. The molecule has 0 aliphatic rings. The summed E-state index contributed by atoms with van der Waals surface area (Å²) in [4.78, 5) is 24.0. The quantitative estimate of drug-likeness (QED) is 0.284. The molecule has 2 aromatic carbocycles. The van der Waals surface area contributed by atoms with E-state index in [0.717, 1.165) is 5.69 Å². The molecule has 142 valence electrons. The van der Waals surface area contributed by atoms with Gasteiger partial charge in [-0.2, -0.15) is 10.2 Å². The van der Waals surface area contributed by atoms with Gasteiger partial charge in [0, 0.05) is 10.7 Å². The summed E-state index contributed by atoms with van der Waals surface area (Å²) in [5.41, 5.74) is 4.31. The lowest BCUT2D eigenvalue weighted by Crippen LogP contribution is -2.18. The van der Waals surface area contributed by atoms with E-state index in [9.17, 15) is 9.59 Å². The van der Waals surface area contributed by atoms with Crippen LogP contribution in [0.25, 0.3) is 0 Å². The van der Waals surface area contributed by atoms with Crippen LogP contribution in [0.2, 0.25) is 10.0 Å². The van der Waals surface area contributed by atoms with Gasteiger partial charge in [0.1, 0.15) is 5.75 Å². The monoisotopic (exact) mass is 416 g/mol. The largest absolute Gasteiger partial charge is 0.423 e. The Morgan fingerprint density at radius 2 is 1.89 bits per heavy atom. The van der Waals surface area contributed by atoms with Crippen molar-refractivity contribution in [1.82, 2.24) is 15.6 Å². The number of rotatable bonds is 5. The first-order valence-corrected chi connectivity index (χ1v) is 8.80. The Labute approximate surface area is 170 Å². The van der Waals surface area contributed by atoms with Gasteiger partial charge in [-0.1, -0.05) is 23.2 Å². The predicted octanol–water partition coefficient (Wildman–Crippen LogP) is 4.01. The lowest BCUT2D eigenvalue weighted by molar-refractivity contribution is 0.0734. The van der Waals surface area contributed by atoms with Crippen molar-refractivity contribution in [3.8, 4) is 5.75 Å². The number of halogens is 2. The summed E-state index contributed by atoms with van der Waals surface area (Å²) in [5, 5.41) is 11.0. The number of hydrazone groups is 1. The molecule has 9 heteroatoms. The highest BCUT2D eigenvalue weighted by molar-refractivity contribution is 6.36. The molecule has 3 aromatic rings. The number of hydrogen-bond acceptors (Lipinski definition) is 5. The van der Waals surface area contributed by atoms with Crippen LogP contribution in [0.3, 0.4) is 0 Å². The summed E-state index contributed by atoms with van der Waals surface area (Å²) in [6, 6.07) is 12.7. The number of nitrogens with one attached hydrogen (secondary N) is 2. The zero-order chi connectivity index (χ0) is 20.1. The SMILES string of the molecule is Cc1cc(C(=O)N/N=C/c2ccc(OC(=O)c3ccc(Cl)cc3Cl)cc2)n[nH]1. The van der Waals surface area contributed by atoms with E-state index in [1.807, 2.05) is 0 Å². The van der Waals surface area contributed by atoms with Gasteiger partial charge < -0.3 is 4.74 Å². The smallest absolute Gasteiger partial charge is 0.345 e. The number of ether oxygens (including phenoxy) is 1. The van der Waals surface area contributed by atoms with Crippen LogP contribution in [0, 0.1) is 6.92 Å². The summed E-state index contributed by atoms with van der Waals surface area (Å²) in [6.45, 7) is 1.79. The van der Waals surface area contributed by atoms with Crippen LogP contribution < -0.4 is 10.2 Å². The highest BCUT2D eigenvalue weighted by Gasteiger charge is 2.13. The molecule has 0 spiro atoms. The Kier molecular flexibility index (Phi) is 6.08. The molecular formula is C19H14Cl2N4O3. The first-order chi connectivity index (χ1) is 13.4. The minimum Gasteiger partial charge on any atom is -0.423 e. The standard InChI is InChI=1S/C19H14Cl2N4O3/c1-11-8-17(24-23-11)18(26)25-22-10-12-2-5-14(6-3-12)28-19(27)15-7-4-13(20)9-16(15)21/h2-10H,1H3,(H,23,24)(H,25,26)/b22-10+. The molecule has 0 aliphatic carbocycles. The van der Waals surface area contributed by atoms with Crippen LogP contribution in [0.4, 0.5) is 0 Å². The number of aromatic amines is 1. The van der Waals surface area contributed by atoms with Gasteiger partial charge in [0.2, 0.25) is 0 Å². The number of amides is 1. The maximum Gasteiger partial charge on any atom is 0.345 e. The summed E-state index contributed by atoms with van der Waals surface area (Å²) in [5.74, 6) is -0.681. The van der Waals surface area contributed by atoms with Gasteiger partial charge in [0.15, 0.2) is 5.69 Å². The molecule has 1 aromatic heterocycles. The Hall–Kier alpha value is -3.16. The molecule has 28 heavy (non-hydrogen) atoms. The first-order valence-electron chi connectivity index (χ1n) is 8.05. The second-order valence-corrected chi connectivity index (χ2v) is 6.56. The molecule has 0 bridgehead atoms. The van der Waals surface area contributed by atoms with Crippen LogP contribution in [0.1, 0.15) is 32.1 Å². The van der Waals surface area contributed by atoms with E-state index < -0.39 is 11.9 Å². The molecule has 0 atom stereocenters. The molecule has 0 unspecified atom stereocenters. The fourth-order valence-electron chi connectivity index (χ4n) is 2.20. The second-order valence-electron chi connectivity index (χ2n) is 5.72. The van der Waals surface area contributed by atoms with Crippen molar-refractivity contribution in [2.45, 2.75) is 6.92 Å². The summed E-state index contributed by atoms with van der Waals surface area (Å²) in [6.07, 6.45) is 1.46. The third kappa shape index (κ3) is 4.97. The lowest BCUT2D eigenvalue weighted by Gasteiger charge is -2.06. The van der Waals surface area contributed by atoms with Crippen molar-refractivity contribution in [3.63, 3.8) is 0 Å². The number of aromatic nitrogens is 2. The number of benzene rings is 2. The second kappa shape index (κ2) is 8.69. The van der Waals surface area contributed by atoms with Gasteiger partial charge in [0.05, 0.1) is 16.8 Å². The van der Waals surface area contributed by atoms with Crippen LogP contribution in [-0.2, 0) is 0 Å². The topological polar surface area (TPSA) is 96.4 Å². The number of esters is 1. The molecule has 2 N–H and O–H groups in total. The fourth-order valence-corrected chi connectivity index (χ4v) is 2.68. The minimum atomic E-state index is -0.593. The number of carbonyl (C=O) groups is 2. The molecule has 1 amide bonds. The van der Waals surface area contributed by atoms with Gasteiger partial charge in [-0.05, 0) is 61.0 Å². The van der Waals surface area contributed by atoms with Crippen LogP contribution in [-0.4, -0.2) is 28.3 Å². The van der Waals surface area contributed by atoms with E-state index in [2.05, 4.69) is 20.7 Å². The molecule has 0 aliphatic heterocycles. The van der Waals surface area contributed by atoms with Crippen molar-refractivity contribution in [1.29, 1.82) is 0 Å². The van der Waals surface area contributed by atoms with Crippen molar-refractivity contribution >= 4 is 41.3 Å². The van der Waals surface area contributed by atoms with Crippen molar-refractivity contribution in [3.05, 3.63) is 81.1 Å². The number of carbonyl (C=O) groups excluding carboxylic acids is 2. The Morgan fingerprint density at radius 1 is 1.14 bits per heavy atom. The Morgan fingerprint density at radius 3 is 2.54 bits per heavy atom. The minimum absolute atomic E-state index is 0.212. The Bertz CT molecular complexity index is 1050. The first kappa shape index (κ1) is 19.6. The van der Waals surface area contributed by atoms with Gasteiger partial charge in [-0.3, -0.25) is 9.89 Å². The van der Waals surface area contributed by atoms with Gasteiger partial charge in [0.25, 0.3) is 5.91 Å². The fraction of sp³-hybridized carbons (Fsp3) is 0.0526. The third-order valence-corrected chi connectivity index (χ3v) is 4.11. The maximum atomic E-state index is 12.2. The maximum absolute atomic E-state index is 12.2. The average molecular weight is 417 g/mol. The average Bonchev–Trinajstić information content (AvgIpc) is 3.09. The summed E-state index contributed by atoms with van der Waals surface area (Å²) in [7, 11) is 0. The molecular weight excluding hydrogens is 403 g/mol. The van der Waals surface area contributed by atoms with Gasteiger partial charge in [-0.15, -0.1) is 0 Å². The third-order valence-electron chi connectivity index (χ3n) is 3.56. The van der Waals surface area contributed by atoms with Gasteiger partial charge >= 0.3 is 5.97 Å². The van der Waals surface area contributed by atoms with Crippen molar-refractivity contribution in [2.24, 2.45) is 5.10 Å². The number of hydrogen-bond donors (Lipinski definition) is 2. The van der Waals surface area contributed by atoms with E-state index >= 15 is 0 Å². The Balaban J connectivity index is 1.58.